The molecule has 0 saturated carbocycles. The van der Waals surface area contributed by atoms with Crippen LogP contribution >= 0.6 is 0 Å². The third kappa shape index (κ3) is 5.62. The van der Waals surface area contributed by atoms with Crippen LogP contribution in [0, 0.1) is 11.3 Å². The molecule has 19 heavy (non-hydrogen) atoms. The zero-order valence-electron chi connectivity index (χ0n) is 10.5. The molecule has 1 unspecified atom stereocenters. The van der Waals surface area contributed by atoms with E-state index < -0.39 is 18.3 Å². The van der Waals surface area contributed by atoms with Gasteiger partial charge in [-0.3, -0.25) is 5.32 Å². The number of phenolic OH excluding ortho intramolecular Hbond substituents is 1. The molecule has 0 fully saturated rings. The summed E-state index contributed by atoms with van der Waals surface area (Å²) in [7, 11) is 0. The van der Waals surface area contributed by atoms with E-state index in [2.05, 4.69) is 5.32 Å². The zero-order valence-corrected chi connectivity index (χ0v) is 10.5. The fourth-order valence-corrected chi connectivity index (χ4v) is 1.54. The maximum Gasteiger partial charge on any atom is 0.401 e. The van der Waals surface area contributed by atoms with Crippen LogP contribution < -0.4 is 5.32 Å². The summed E-state index contributed by atoms with van der Waals surface area (Å²) in [6.07, 6.45) is -3.63. The maximum atomic E-state index is 12.1. The molecule has 0 aliphatic carbocycles. The summed E-state index contributed by atoms with van der Waals surface area (Å²) in [6, 6.07) is 8.23. The van der Waals surface area contributed by atoms with Crippen molar-refractivity contribution in [3.8, 4) is 11.8 Å². The Kier molecular flexibility index (Phi) is 4.78. The number of aryl methyl sites for hydroxylation is 1. The predicted molar refractivity (Wildman–Crippen MR) is 64.5 cm³/mol. The number of phenols is 1. The third-order valence-corrected chi connectivity index (χ3v) is 2.78. The van der Waals surface area contributed by atoms with Gasteiger partial charge in [0.1, 0.15) is 11.3 Å². The van der Waals surface area contributed by atoms with Gasteiger partial charge in [-0.15, -0.1) is 0 Å². The van der Waals surface area contributed by atoms with Crippen molar-refractivity contribution in [1.29, 1.82) is 5.26 Å². The molecular weight excluding hydrogens is 257 g/mol. The van der Waals surface area contributed by atoms with E-state index >= 15 is 0 Å². The van der Waals surface area contributed by atoms with Crippen molar-refractivity contribution in [3.63, 3.8) is 0 Å². The van der Waals surface area contributed by atoms with Gasteiger partial charge in [-0.2, -0.15) is 18.4 Å². The number of halogens is 3. The Bertz CT molecular complexity index is 450. The first-order valence-electron chi connectivity index (χ1n) is 5.75. The van der Waals surface area contributed by atoms with Gasteiger partial charge in [-0.25, -0.2) is 0 Å². The third-order valence-electron chi connectivity index (χ3n) is 2.78. The van der Waals surface area contributed by atoms with Crippen LogP contribution in [0.15, 0.2) is 24.3 Å². The van der Waals surface area contributed by atoms with Gasteiger partial charge in [0.05, 0.1) is 12.6 Å². The first-order valence-corrected chi connectivity index (χ1v) is 5.75. The van der Waals surface area contributed by atoms with Crippen LogP contribution in [-0.4, -0.2) is 23.4 Å². The van der Waals surface area contributed by atoms with Crippen molar-refractivity contribution in [3.05, 3.63) is 29.8 Å². The minimum Gasteiger partial charge on any atom is -0.508 e. The van der Waals surface area contributed by atoms with E-state index in [1.54, 1.807) is 12.1 Å². The number of alkyl halides is 3. The summed E-state index contributed by atoms with van der Waals surface area (Å²) in [5, 5.41) is 20.3. The Morgan fingerprint density at radius 2 is 1.84 bits per heavy atom. The quantitative estimate of drug-likeness (QED) is 0.866. The van der Waals surface area contributed by atoms with E-state index in [0.29, 0.717) is 6.42 Å². The van der Waals surface area contributed by atoms with Crippen LogP contribution in [0.1, 0.15) is 18.9 Å². The Balaban J connectivity index is 2.56. The van der Waals surface area contributed by atoms with Crippen molar-refractivity contribution in [1.82, 2.24) is 5.32 Å². The van der Waals surface area contributed by atoms with E-state index in [-0.39, 0.29) is 12.2 Å². The second kappa shape index (κ2) is 5.93. The minimum atomic E-state index is -4.34. The molecule has 6 heteroatoms. The summed E-state index contributed by atoms with van der Waals surface area (Å²) in [4.78, 5) is 0. The van der Waals surface area contributed by atoms with Crippen LogP contribution in [0.3, 0.4) is 0 Å². The van der Waals surface area contributed by atoms with Gasteiger partial charge in [0.15, 0.2) is 0 Å². The summed E-state index contributed by atoms with van der Waals surface area (Å²) in [5.41, 5.74) is -0.374. The number of nitrogens with one attached hydrogen (secondary N) is 1. The van der Waals surface area contributed by atoms with Crippen molar-refractivity contribution < 1.29 is 18.3 Å². The fourth-order valence-electron chi connectivity index (χ4n) is 1.54. The summed E-state index contributed by atoms with van der Waals surface area (Å²) < 4.78 is 36.4. The van der Waals surface area contributed by atoms with E-state index in [0.717, 1.165) is 5.56 Å². The zero-order chi connectivity index (χ0) is 14.5. The monoisotopic (exact) mass is 272 g/mol. The molecule has 0 spiro atoms. The summed E-state index contributed by atoms with van der Waals surface area (Å²) >= 11 is 0. The van der Waals surface area contributed by atoms with Gasteiger partial charge < -0.3 is 5.11 Å². The lowest BCUT2D eigenvalue weighted by atomic mass is 9.94. The van der Waals surface area contributed by atoms with Gasteiger partial charge in [-0.1, -0.05) is 12.1 Å². The van der Waals surface area contributed by atoms with Gasteiger partial charge in [0.25, 0.3) is 0 Å². The smallest absolute Gasteiger partial charge is 0.401 e. The Hall–Kier alpha value is -1.74. The molecule has 0 aromatic heterocycles. The number of benzene rings is 1. The number of hydrogen-bond acceptors (Lipinski definition) is 3. The predicted octanol–water partition coefficient (Wildman–Crippen LogP) is 2.76. The average Bonchev–Trinajstić information content (AvgIpc) is 2.35. The highest BCUT2D eigenvalue weighted by Crippen LogP contribution is 2.19. The molecule has 0 heterocycles. The van der Waals surface area contributed by atoms with Crippen molar-refractivity contribution in [2.75, 3.05) is 6.54 Å². The van der Waals surface area contributed by atoms with Crippen molar-refractivity contribution >= 4 is 0 Å². The molecule has 2 N–H and O–H groups in total. The molecule has 1 rings (SSSR count). The molecule has 1 aromatic carbocycles. The van der Waals surface area contributed by atoms with E-state index in [1.807, 2.05) is 6.07 Å². The largest absolute Gasteiger partial charge is 0.508 e. The van der Waals surface area contributed by atoms with Gasteiger partial charge in [0.2, 0.25) is 0 Å². The molecule has 0 bridgehead atoms. The Morgan fingerprint density at radius 3 is 2.32 bits per heavy atom. The number of aromatic hydroxyl groups is 1. The van der Waals surface area contributed by atoms with Crippen LogP contribution in [0.25, 0.3) is 0 Å². The van der Waals surface area contributed by atoms with E-state index in [9.17, 15) is 13.2 Å². The number of nitrogens with zero attached hydrogens (tertiary/aromatic N) is 1. The topological polar surface area (TPSA) is 56.0 Å². The highest BCUT2D eigenvalue weighted by Gasteiger charge is 2.32. The number of nitriles is 1. The van der Waals surface area contributed by atoms with Crippen LogP contribution in [-0.2, 0) is 6.42 Å². The molecule has 104 valence electrons. The second-order valence-electron chi connectivity index (χ2n) is 4.58. The van der Waals surface area contributed by atoms with Gasteiger partial charge in [0, 0.05) is 0 Å². The van der Waals surface area contributed by atoms with Crippen LogP contribution in [0.5, 0.6) is 5.75 Å². The summed E-state index contributed by atoms with van der Waals surface area (Å²) in [6.45, 7) is 0.256. The maximum absolute atomic E-state index is 12.1. The lowest BCUT2D eigenvalue weighted by Gasteiger charge is -2.24. The lowest BCUT2D eigenvalue weighted by molar-refractivity contribution is -0.127. The molecule has 0 aliphatic heterocycles. The number of rotatable bonds is 5. The fraction of sp³-hybridized carbons (Fsp3) is 0.462. The molecule has 0 amide bonds. The first kappa shape index (κ1) is 15.3. The highest BCUT2D eigenvalue weighted by molar-refractivity contribution is 5.26. The van der Waals surface area contributed by atoms with Gasteiger partial charge in [-0.05, 0) is 37.5 Å². The molecule has 0 saturated heterocycles. The molecule has 0 aliphatic rings. The lowest BCUT2D eigenvalue weighted by Crippen LogP contribution is -2.46. The Morgan fingerprint density at radius 1 is 1.26 bits per heavy atom. The van der Waals surface area contributed by atoms with Crippen molar-refractivity contribution in [2.45, 2.75) is 31.5 Å². The van der Waals surface area contributed by atoms with E-state index in [1.165, 1.54) is 19.1 Å². The SMILES string of the molecule is CC(C#N)(CCc1ccc(O)cc1)NCC(F)(F)F. The average molecular weight is 272 g/mol. The second-order valence-corrected chi connectivity index (χ2v) is 4.58. The molecule has 1 atom stereocenters. The number of hydrogen-bond donors (Lipinski definition) is 2. The standard InChI is InChI=1S/C13H15F3N2O/c1-12(8-17,18-9-13(14,15)16)7-6-10-2-4-11(19)5-3-10/h2-5,18-19H,6-7,9H2,1H3. The summed E-state index contributed by atoms with van der Waals surface area (Å²) in [5.74, 6) is 0.127. The Labute approximate surface area is 109 Å². The normalized spacial score (nSPS) is 14.7. The minimum absolute atomic E-state index is 0.127. The molecule has 3 nitrogen and oxygen atoms in total. The van der Waals surface area contributed by atoms with E-state index in [4.69, 9.17) is 10.4 Å². The molecule has 1 aromatic rings. The highest BCUT2D eigenvalue weighted by atomic mass is 19.4. The van der Waals surface area contributed by atoms with Crippen molar-refractivity contribution in [2.24, 2.45) is 0 Å². The first-order chi connectivity index (χ1) is 8.74. The molecular formula is C13H15F3N2O. The van der Waals surface area contributed by atoms with Crippen LogP contribution in [0.4, 0.5) is 13.2 Å². The van der Waals surface area contributed by atoms with Crippen LogP contribution in [0.2, 0.25) is 0 Å². The van der Waals surface area contributed by atoms with Gasteiger partial charge >= 0.3 is 6.18 Å². The molecule has 0 radical (unpaired) electrons.